The molecule has 0 aliphatic heterocycles. The van der Waals surface area contributed by atoms with Crippen LogP contribution in [0.25, 0.3) is 33.3 Å². The number of pyridine rings is 2. The summed E-state index contributed by atoms with van der Waals surface area (Å²) >= 11 is 0. The van der Waals surface area contributed by atoms with Crippen LogP contribution in [-0.2, 0) is 6.54 Å². The van der Waals surface area contributed by atoms with Gasteiger partial charge < -0.3 is 9.84 Å². The van der Waals surface area contributed by atoms with Crippen LogP contribution in [0.5, 0.6) is 5.88 Å². The molecule has 35 heavy (non-hydrogen) atoms. The third-order valence-electron chi connectivity index (χ3n) is 5.84. The minimum absolute atomic E-state index is 0.266. The second kappa shape index (κ2) is 9.43. The van der Waals surface area contributed by atoms with E-state index in [-0.39, 0.29) is 6.54 Å². The molecule has 0 fully saturated rings. The number of hydrogen-bond donors (Lipinski definition) is 1. The van der Waals surface area contributed by atoms with E-state index in [2.05, 4.69) is 11.1 Å². The molecule has 1 N–H and O–H groups in total. The van der Waals surface area contributed by atoms with Crippen molar-refractivity contribution in [1.82, 2.24) is 14.9 Å². The average molecular weight is 467 g/mol. The van der Waals surface area contributed by atoms with Gasteiger partial charge in [0.25, 0.3) is 0 Å². The first-order valence-corrected chi connectivity index (χ1v) is 11.2. The fourth-order valence-electron chi connectivity index (χ4n) is 4.08. The number of rotatable bonds is 5. The van der Waals surface area contributed by atoms with Gasteiger partial charge in [0, 0.05) is 29.4 Å². The molecular weight excluding hydrogens is 440 g/mol. The number of carbonyl (C=O) groups is 1. The third-order valence-corrected chi connectivity index (χ3v) is 5.84. The minimum Gasteiger partial charge on any atom is -0.480 e. The standard InChI is InChI=1S/C28H26N4O3/c1-28(2,3)32(27(33)34)17-18-10-12-20(13-11-18)25-23(19-8-6-5-7-9-19)21(16-29)24-22(31-25)14-15-30-26(24)35-4/h5-15H,17H2,1-4H3,(H,33,34). The van der Waals surface area contributed by atoms with Crippen LogP contribution >= 0.6 is 0 Å². The van der Waals surface area contributed by atoms with E-state index in [4.69, 9.17) is 9.72 Å². The van der Waals surface area contributed by atoms with Gasteiger partial charge in [-0.1, -0.05) is 54.6 Å². The molecule has 0 aliphatic carbocycles. The molecule has 0 saturated carbocycles. The van der Waals surface area contributed by atoms with E-state index in [0.717, 1.165) is 16.7 Å². The molecule has 0 saturated heterocycles. The molecule has 0 atom stereocenters. The molecule has 0 bridgehead atoms. The number of carboxylic acid groups (broad SMARTS) is 1. The molecule has 4 aromatic rings. The van der Waals surface area contributed by atoms with Gasteiger partial charge in [0.15, 0.2) is 0 Å². The summed E-state index contributed by atoms with van der Waals surface area (Å²) in [5, 5.41) is 20.4. The summed E-state index contributed by atoms with van der Waals surface area (Å²) in [6.45, 7) is 5.87. The summed E-state index contributed by atoms with van der Waals surface area (Å²) in [5.41, 5.74) is 4.41. The number of amides is 1. The predicted octanol–water partition coefficient (Wildman–Crippen LogP) is 6.12. The molecule has 7 heteroatoms. The smallest absolute Gasteiger partial charge is 0.408 e. The van der Waals surface area contributed by atoms with E-state index in [0.29, 0.717) is 33.6 Å². The maximum absolute atomic E-state index is 11.8. The minimum atomic E-state index is -0.967. The second-order valence-electron chi connectivity index (χ2n) is 9.14. The second-order valence-corrected chi connectivity index (χ2v) is 9.14. The van der Waals surface area contributed by atoms with E-state index >= 15 is 0 Å². The highest BCUT2D eigenvalue weighted by Gasteiger charge is 2.26. The lowest BCUT2D eigenvalue weighted by atomic mass is 9.92. The lowest BCUT2D eigenvalue weighted by molar-refractivity contribution is 0.0955. The molecule has 4 rings (SSSR count). The number of fused-ring (bicyclic) bond motifs is 1. The Morgan fingerprint density at radius 1 is 1.06 bits per heavy atom. The first-order valence-electron chi connectivity index (χ1n) is 11.2. The number of hydrogen-bond acceptors (Lipinski definition) is 5. The number of ether oxygens (including phenoxy) is 1. The van der Waals surface area contributed by atoms with Gasteiger partial charge in [0.05, 0.1) is 29.3 Å². The Balaban J connectivity index is 1.90. The van der Waals surface area contributed by atoms with Crippen LogP contribution < -0.4 is 4.74 Å². The summed E-state index contributed by atoms with van der Waals surface area (Å²) in [4.78, 5) is 22.4. The number of methoxy groups -OCH3 is 1. The van der Waals surface area contributed by atoms with Crippen molar-refractivity contribution < 1.29 is 14.6 Å². The number of nitriles is 1. The van der Waals surface area contributed by atoms with Gasteiger partial charge in [-0.05, 0) is 38.0 Å². The average Bonchev–Trinajstić information content (AvgIpc) is 2.85. The van der Waals surface area contributed by atoms with E-state index in [9.17, 15) is 15.2 Å². The van der Waals surface area contributed by atoms with Crippen molar-refractivity contribution >= 4 is 17.0 Å². The van der Waals surface area contributed by atoms with E-state index in [1.54, 1.807) is 12.3 Å². The molecule has 2 heterocycles. The molecular formula is C28H26N4O3. The van der Waals surface area contributed by atoms with E-state index in [1.807, 2.05) is 75.4 Å². The Morgan fingerprint density at radius 3 is 2.31 bits per heavy atom. The van der Waals surface area contributed by atoms with Crippen LogP contribution in [0, 0.1) is 11.3 Å². The van der Waals surface area contributed by atoms with Gasteiger partial charge in [-0.2, -0.15) is 5.26 Å². The molecule has 0 radical (unpaired) electrons. The Labute approximate surface area is 204 Å². The summed E-state index contributed by atoms with van der Waals surface area (Å²) < 4.78 is 5.45. The maximum Gasteiger partial charge on any atom is 0.408 e. The van der Waals surface area contributed by atoms with Crippen LogP contribution in [0.15, 0.2) is 66.9 Å². The first kappa shape index (κ1) is 23.7. The zero-order valence-electron chi connectivity index (χ0n) is 20.1. The van der Waals surface area contributed by atoms with Gasteiger partial charge in [-0.25, -0.2) is 14.8 Å². The molecule has 7 nitrogen and oxygen atoms in total. The summed E-state index contributed by atoms with van der Waals surface area (Å²) in [6, 6.07) is 21.4. The SMILES string of the molecule is COc1nccc2nc(-c3ccc(CN(C(=O)O)C(C)(C)C)cc3)c(-c3ccccc3)c(C#N)c12. The fourth-order valence-corrected chi connectivity index (χ4v) is 4.08. The third kappa shape index (κ3) is 4.64. The van der Waals surface area contributed by atoms with Crippen LogP contribution in [0.1, 0.15) is 31.9 Å². The van der Waals surface area contributed by atoms with E-state index < -0.39 is 11.6 Å². The largest absolute Gasteiger partial charge is 0.480 e. The summed E-state index contributed by atoms with van der Waals surface area (Å²) in [7, 11) is 1.52. The quantitative estimate of drug-likeness (QED) is 0.380. The van der Waals surface area contributed by atoms with Crippen LogP contribution in [0.3, 0.4) is 0 Å². The molecule has 0 unspecified atom stereocenters. The highest BCUT2D eigenvalue weighted by molar-refractivity contribution is 6.00. The van der Waals surface area contributed by atoms with Crippen LogP contribution in [0.2, 0.25) is 0 Å². The Bertz CT molecular complexity index is 1420. The number of benzene rings is 2. The fraction of sp³-hybridized carbons (Fsp3) is 0.214. The van der Waals surface area contributed by atoms with Crippen LogP contribution in [-0.4, -0.2) is 38.7 Å². The van der Waals surface area contributed by atoms with Crippen molar-refractivity contribution in [2.45, 2.75) is 32.9 Å². The van der Waals surface area contributed by atoms with Crippen molar-refractivity contribution in [3.8, 4) is 34.3 Å². The van der Waals surface area contributed by atoms with Gasteiger partial charge in [0.2, 0.25) is 5.88 Å². The number of aromatic nitrogens is 2. The van der Waals surface area contributed by atoms with Gasteiger partial charge in [0.1, 0.15) is 6.07 Å². The highest BCUT2D eigenvalue weighted by Crippen LogP contribution is 2.39. The van der Waals surface area contributed by atoms with Crippen molar-refractivity contribution in [1.29, 1.82) is 5.26 Å². The summed E-state index contributed by atoms with van der Waals surface area (Å²) in [6.07, 6.45) is 0.641. The van der Waals surface area contributed by atoms with Crippen molar-refractivity contribution in [2.24, 2.45) is 0 Å². The molecule has 0 spiro atoms. The van der Waals surface area contributed by atoms with Crippen molar-refractivity contribution in [2.75, 3.05) is 7.11 Å². The first-order chi connectivity index (χ1) is 16.7. The van der Waals surface area contributed by atoms with Gasteiger partial charge in [-0.15, -0.1) is 0 Å². The lowest BCUT2D eigenvalue weighted by Crippen LogP contribution is -2.44. The Morgan fingerprint density at radius 2 is 1.74 bits per heavy atom. The van der Waals surface area contributed by atoms with E-state index in [1.165, 1.54) is 12.0 Å². The van der Waals surface area contributed by atoms with Gasteiger partial charge in [-0.3, -0.25) is 4.90 Å². The Hall–Kier alpha value is -4.44. The number of nitrogens with zero attached hydrogens (tertiary/aromatic N) is 4. The molecule has 0 aliphatic rings. The normalized spacial score (nSPS) is 11.2. The van der Waals surface area contributed by atoms with Crippen molar-refractivity contribution in [3.63, 3.8) is 0 Å². The molecule has 176 valence electrons. The van der Waals surface area contributed by atoms with Crippen LogP contribution in [0.4, 0.5) is 4.79 Å². The molecule has 2 aromatic heterocycles. The molecule has 2 aromatic carbocycles. The van der Waals surface area contributed by atoms with Crippen molar-refractivity contribution in [3.05, 3.63) is 78.0 Å². The monoisotopic (exact) mass is 466 g/mol. The zero-order valence-corrected chi connectivity index (χ0v) is 20.1. The Kier molecular flexibility index (Phi) is 6.39. The molecule has 1 amide bonds. The predicted molar refractivity (Wildman–Crippen MR) is 135 cm³/mol. The maximum atomic E-state index is 11.8. The summed E-state index contributed by atoms with van der Waals surface area (Å²) in [5.74, 6) is 0.349. The highest BCUT2D eigenvalue weighted by atomic mass is 16.5. The lowest BCUT2D eigenvalue weighted by Gasteiger charge is -2.33. The topological polar surface area (TPSA) is 99.3 Å². The zero-order chi connectivity index (χ0) is 25.2. The van der Waals surface area contributed by atoms with Gasteiger partial charge >= 0.3 is 6.09 Å².